The Bertz CT molecular complexity index is 495. The first kappa shape index (κ1) is 11.5. The van der Waals surface area contributed by atoms with Gasteiger partial charge in [0.05, 0.1) is 6.07 Å². The molecule has 7 nitrogen and oxygen atoms in total. The number of nitriles is 1. The molecule has 1 N–H and O–H groups in total. The number of rotatable bonds is 3. The van der Waals surface area contributed by atoms with Crippen LogP contribution in [0, 0.1) is 21.4 Å². The van der Waals surface area contributed by atoms with Crippen LogP contribution in [0.25, 0.3) is 6.08 Å². The summed E-state index contributed by atoms with van der Waals surface area (Å²) < 4.78 is 4.77. The van der Waals surface area contributed by atoms with Gasteiger partial charge in [-0.2, -0.15) is 5.26 Å². The van der Waals surface area contributed by atoms with Crippen LogP contribution in [0.1, 0.15) is 5.76 Å². The Labute approximate surface area is 90.1 Å². The molecule has 1 heterocycles. The Hall–Kier alpha value is -2.62. The van der Waals surface area contributed by atoms with Crippen molar-refractivity contribution in [2.75, 3.05) is 7.05 Å². The minimum Gasteiger partial charge on any atom is -0.401 e. The molecule has 0 spiro atoms. The molecule has 7 heteroatoms. The molecule has 1 aromatic rings. The highest BCUT2D eigenvalue weighted by atomic mass is 16.6. The van der Waals surface area contributed by atoms with E-state index < -0.39 is 16.7 Å². The minimum atomic E-state index is -0.705. The van der Waals surface area contributed by atoms with Gasteiger partial charge in [-0.25, -0.2) is 0 Å². The number of hydrogen-bond acceptors (Lipinski definition) is 5. The van der Waals surface area contributed by atoms with Crippen LogP contribution < -0.4 is 5.32 Å². The van der Waals surface area contributed by atoms with Gasteiger partial charge in [0.25, 0.3) is 5.91 Å². The third kappa shape index (κ3) is 2.45. The normalized spacial score (nSPS) is 10.6. The Morgan fingerprint density at radius 2 is 2.38 bits per heavy atom. The van der Waals surface area contributed by atoms with Crippen LogP contribution >= 0.6 is 0 Å². The summed E-state index contributed by atoms with van der Waals surface area (Å²) >= 11 is 0. The highest BCUT2D eigenvalue weighted by Crippen LogP contribution is 2.17. The fourth-order valence-corrected chi connectivity index (χ4v) is 0.943. The van der Waals surface area contributed by atoms with Crippen molar-refractivity contribution < 1.29 is 14.1 Å². The SMILES string of the molecule is CNC(=O)/C(C#N)=C/c1ccc([N+](=O)[O-])o1. The van der Waals surface area contributed by atoms with E-state index in [0.717, 1.165) is 12.1 Å². The smallest absolute Gasteiger partial charge is 0.401 e. The maximum atomic E-state index is 11.1. The molecule has 1 rings (SSSR count). The lowest BCUT2D eigenvalue weighted by Gasteiger charge is -1.94. The van der Waals surface area contributed by atoms with Crippen molar-refractivity contribution in [3.8, 4) is 6.07 Å². The van der Waals surface area contributed by atoms with Crippen molar-refractivity contribution in [1.82, 2.24) is 5.32 Å². The van der Waals surface area contributed by atoms with Crippen molar-refractivity contribution in [3.63, 3.8) is 0 Å². The van der Waals surface area contributed by atoms with Crippen molar-refractivity contribution in [3.05, 3.63) is 33.6 Å². The van der Waals surface area contributed by atoms with Crippen LogP contribution in [0.2, 0.25) is 0 Å². The molecule has 0 aliphatic heterocycles. The molecule has 0 unspecified atom stereocenters. The molecule has 0 aromatic carbocycles. The lowest BCUT2D eigenvalue weighted by Crippen LogP contribution is -2.18. The fraction of sp³-hybridized carbons (Fsp3) is 0.111. The average Bonchev–Trinajstić information content (AvgIpc) is 2.73. The van der Waals surface area contributed by atoms with Crippen molar-refractivity contribution in [1.29, 1.82) is 5.26 Å². The van der Waals surface area contributed by atoms with E-state index in [-0.39, 0.29) is 11.3 Å². The fourth-order valence-electron chi connectivity index (χ4n) is 0.943. The Morgan fingerprint density at radius 1 is 1.69 bits per heavy atom. The largest absolute Gasteiger partial charge is 0.433 e. The first-order chi connectivity index (χ1) is 7.58. The first-order valence-electron chi connectivity index (χ1n) is 4.16. The van der Waals surface area contributed by atoms with Gasteiger partial charge in [-0.15, -0.1) is 0 Å². The van der Waals surface area contributed by atoms with Crippen LogP contribution in [0.3, 0.4) is 0 Å². The van der Waals surface area contributed by atoms with Gasteiger partial charge in [-0.1, -0.05) is 0 Å². The molecule has 0 radical (unpaired) electrons. The van der Waals surface area contributed by atoms with Gasteiger partial charge in [0.1, 0.15) is 22.3 Å². The zero-order valence-electron chi connectivity index (χ0n) is 8.26. The molecule has 0 atom stereocenters. The lowest BCUT2D eigenvalue weighted by atomic mass is 10.2. The van der Waals surface area contributed by atoms with Gasteiger partial charge < -0.3 is 9.73 Å². The van der Waals surface area contributed by atoms with Gasteiger partial charge in [0.2, 0.25) is 0 Å². The molecule has 1 amide bonds. The van der Waals surface area contributed by atoms with Crippen LogP contribution in [-0.4, -0.2) is 17.9 Å². The summed E-state index contributed by atoms with van der Waals surface area (Å²) in [6.45, 7) is 0. The lowest BCUT2D eigenvalue weighted by molar-refractivity contribution is -0.402. The summed E-state index contributed by atoms with van der Waals surface area (Å²) in [5, 5.41) is 21.2. The van der Waals surface area contributed by atoms with Gasteiger partial charge in [-0.05, 0) is 6.07 Å². The zero-order valence-corrected chi connectivity index (χ0v) is 8.26. The quantitative estimate of drug-likeness (QED) is 0.352. The molecule has 0 aliphatic rings. The molecular formula is C9H7N3O4. The predicted molar refractivity (Wildman–Crippen MR) is 53.0 cm³/mol. The number of likely N-dealkylation sites (N-methyl/N-ethyl adjacent to an activating group) is 1. The summed E-state index contributed by atoms with van der Waals surface area (Å²) in [5.74, 6) is -0.950. The third-order valence-electron chi connectivity index (χ3n) is 1.67. The molecule has 0 bridgehead atoms. The summed E-state index contributed by atoms with van der Waals surface area (Å²) in [7, 11) is 1.37. The molecule has 0 fully saturated rings. The minimum absolute atomic E-state index is 0.0758. The standard InChI is InChI=1S/C9H7N3O4/c1-11-9(13)6(5-10)4-7-2-3-8(16-7)12(14)15/h2-4H,1H3,(H,11,13)/b6-4+. The molecule has 82 valence electrons. The van der Waals surface area contributed by atoms with E-state index in [2.05, 4.69) is 5.32 Å². The number of nitro groups is 1. The van der Waals surface area contributed by atoms with E-state index in [4.69, 9.17) is 9.68 Å². The van der Waals surface area contributed by atoms with Crippen molar-refractivity contribution in [2.45, 2.75) is 0 Å². The van der Waals surface area contributed by atoms with Crippen LogP contribution in [0.4, 0.5) is 5.88 Å². The van der Waals surface area contributed by atoms with E-state index in [1.807, 2.05) is 0 Å². The molecule has 0 saturated heterocycles. The molecule has 0 saturated carbocycles. The maximum absolute atomic E-state index is 11.1. The number of nitrogens with one attached hydrogen (secondary N) is 1. The van der Waals surface area contributed by atoms with Crippen LogP contribution in [-0.2, 0) is 4.79 Å². The molecule has 16 heavy (non-hydrogen) atoms. The first-order valence-corrected chi connectivity index (χ1v) is 4.16. The second kappa shape index (κ2) is 4.75. The second-order valence-electron chi connectivity index (χ2n) is 2.68. The van der Waals surface area contributed by atoms with Gasteiger partial charge in [0, 0.05) is 13.1 Å². The summed E-state index contributed by atoms with van der Waals surface area (Å²) in [5.41, 5.74) is -0.188. The Balaban J connectivity index is 3.01. The molecular weight excluding hydrogens is 214 g/mol. The van der Waals surface area contributed by atoms with Crippen molar-refractivity contribution in [2.24, 2.45) is 0 Å². The van der Waals surface area contributed by atoms with Crippen molar-refractivity contribution >= 4 is 17.9 Å². The Morgan fingerprint density at radius 3 is 2.81 bits per heavy atom. The third-order valence-corrected chi connectivity index (χ3v) is 1.67. The molecule has 0 aliphatic carbocycles. The summed E-state index contributed by atoms with van der Waals surface area (Å²) in [6, 6.07) is 4.11. The molecule has 1 aromatic heterocycles. The van der Waals surface area contributed by atoms with Crippen LogP contribution in [0.15, 0.2) is 22.1 Å². The highest BCUT2D eigenvalue weighted by Gasteiger charge is 2.12. The van der Waals surface area contributed by atoms with Crippen LogP contribution in [0.5, 0.6) is 0 Å². The average molecular weight is 221 g/mol. The number of amides is 1. The second-order valence-corrected chi connectivity index (χ2v) is 2.68. The monoisotopic (exact) mass is 221 g/mol. The van der Waals surface area contributed by atoms with E-state index in [9.17, 15) is 14.9 Å². The van der Waals surface area contributed by atoms with E-state index in [1.165, 1.54) is 13.1 Å². The zero-order chi connectivity index (χ0) is 12.1. The number of hydrogen-bond donors (Lipinski definition) is 1. The van der Waals surface area contributed by atoms with Gasteiger partial charge in [-0.3, -0.25) is 14.9 Å². The van der Waals surface area contributed by atoms with Gasteiger partial charge >= 0.3 is 5.88 Å². The number of carbonyl (C=O) groups excluding carboxylic acids is 1. The number of furan rings is 1. The van der Waals surface area contributed by atoms with E-state index >= 15 is 0 Å². The maximum Gasteiger partial charge on any atom is 0.433 e. The predicted octanol–water partition coefficient (Wildman–Crippen LogP) is 0.841. The van der Waals surface area contributed by atoms with E-state index in [0.29, 0.717) is 0 Å². The van der Waals surface area contributed by atoms with E-state index in [1.54, 1.807) is 6.07 Å². The number of nitrogens with zero attached hydrogens (tertiary/aromatic N) is 2. The summed E-state index contributed by atoms with van der Waals surface area (Å²) in [6.07, 6.45) is 1.13. The Kier molecular flexibility index (Phi) is 3.40. The van der Waals surface area contributed by atoms with Gasteiger partial charge in [0.15, 0.2) is 0 Å². The number of carbonyl (C=O) groups is 1. The highest BCUT2D eigenvalue weighted by molar-refractivity contribution is 6.01. The topological polar surface area (TPSA) is 109 Å². The summed E-state index contributed by atoms with van der Waals surface area (Å²) in [4.78, 5) is 20.7.